The number of aliphatic imine (C=N–C) groups is 1. The topological polar surface area (TPSA) is 71.0 Å². The lowest BCUT2D eigenvalue weighted by Crippen LogP contribution is -2.44. The lowest BCUT2D eigenvalue weighted by Gasteiger charge is -2.27. The van der Waals surface area contributed by atoms with Crippen LogP contribution in [-0.4, -0.2) is 23.9 Å². The van der Waals surface area contributed by atoms with Crippen LogP contribution in [-0.2, 0) is 0 Å². The molecule has 0 aromatic rings. The Labute approximate surface area is 77.3 Å². The second kappa shape index (κ2) is 4.71. The van der Waals surface area contributed by atoms with E-state index in [0.717, 1.165) is 19.4 Å². The number of hydrogen-bond acceptors (Lipinski definition) is 5. The van der Waals surface area contributed by atoms with Crippen molar-refractivity contribution in [1.29, 1.82) is 0 Å². The normalized spacial score (nSPS) is 21.5. The number of rotatable bonds is 4. The molecule has 5 nitrogen and oxygen atoms in total. The fourth-order valence-corrected chi connectivity index (χ4v) is 1.13. The Hall–Kier alpha value is -1.23. The van der Waals surface area contributed by atoms with E-state index in [0.29, 0.717) is 5.70 Å². The third-order valence-corrected chi connectivity index (χ3v) is 1.96. The Bertz CT molecular complexity index is 236. The molecule has 1 heterocycles. The van der Waals surface area contributed by atoms with Crippen molar-refractivity contribution in [2.45, 2.75) is 25.9 Å². The first-order valence-electron chi connectivity index (χ1n) is 4.37. The van der Waals surface area contributed by atoms with E-state index in [9.17, 15) is 4.91 Å². The van der Waals surface area contributed by atoms with Crippen molar-refractivity contribution >= 4 is 6.34 Å². The monoisotopic (exact) mass is 182 g/mol. The molecule has 1 aliphatic heterocycles. The van der Waals surface area contributed by atoms with Crippen molar-refractivity contribution in [3.63, 3.8) is 0 Å². The van der Waals surface area contributed by atoms with Crippen molar-refractivity contribution < 1.29 is 0 Å². The van der Waals surface area contributed by atoms with Gasteiger partial charge in [0.15, 0.2) is 0 Å². The molecule has 1 atom stereocenters. The summed E-state index contributed by atoms with van der Waals surface area (Å²) in [5, 5.41) is 2.82. The molecule has 13 heavy (non-hydrogen) atoms. The summed E-state index contributed by atoms with van der Waals surface area (Å²) in [5.41, 5.74) is 6.04. The van der Waals surface area contributed by atoms with Gasteiger partial charge in [0.1, 0.15) is 11.9 Å². The highest BCUT2D eigenvalue weighted by Crippen LogP contribution is 2.11. The van der Waals surface area contributed by atoms with Crippen molar-refractivity contribution in [1.82, 2.24) is 4.90 Å². The molecule has 1 aliphatic rings. The average molecular weight is 182 g/mol. The van der Waals surface area contributed by atoms with Gasteiger partial charge in [-0.3, -0.25) is 0 Å². The van der Waals surface area contributed by atoms with Gasteiger partial charge in [-0.15, -0.1) is 4.91 Å². The minimum absolute atomic E-state index is 0.290. The van der Waals surface area contributed by atoms with E-state index in [1.807, 2.05) is 4.90 Å². The molecule has 0 amide bonds. The van der Waals surface area contributed by atoms with Gasteiger partial charge in [-0.1, -0.05) is 13.3 Å². The predicted molar refractivity (Wildman–Crippen MR) is 52.0 cm³/mol. The molecular formula is C8H14N4O. The molecule has 0 bridgehead atoms. The molecule has 0 fully saturated rings. The molecule has 1 rings (SSSR count). The SMILES string of the molecule is CCCCN1C=NC=C(N=O)C1N. The van der Waals surface area contributed by atoms with Gasteiger partial charge in [0.25, 0.3) is 0 Å². The van der Waals surface area contributed by atoms with Crippen molar-refractivity contribution in [2.24, 2.45) is 15.9 Å². The fraction of sp³-hybridized carbons (Fsp3) is 0.625. The van der Waals surface area contributed by atoms with Crippen LogP contribution in [0.4, 0.5) is 0 Å². The first-order chi connectivity index (χ1) is 6.29. The zero-order valence-electron chi connectivity index (χ0n) is 7.68. The second-order valence-electron chi connectivity index (χ2n) is 2.95. The molecule has 1 unspecified atom stereocenters. The smallest absolute Gasteiger partial charge is 0.140 e. The molecular weight excluding hydrogens is 168 g/mol. The molecule has 0 aliphatic carbocycles. The number of nitrogens with zero attached hydrogens (tertiary/aromatic N) is 3. The number of nitroso groups, excluding NO2 is 1. The Kier molecular flexibility index (Phi) is 3.57. The van der Waals surface area contributed by atoms with Gasteiger partial charge < -0.3 is 10.6 Å². The van der Waals surface area contributed by atoms with E-state index in [1.165, 1.54) is 6.20 Å². The molecule has 5 heteroatoms. The van der Waals surface area contributed by atoms with E-state index >= 15 is 0 Å². The molecule has 0 radical (unpaired) electrons. The number of unbranched alkanes of at least 4 members (excludes halogenated alkanes) is 1. The fourth-order valence-electron chi connectivity index (χ4n) is 1.13. The zero-order chi connectivity index (χ0) is 9.68. The van der Waals surface area contributed by atoms with Crippen LogP contribution in [0.5, 0.6) is 0 Å². The van der Waals surface area contributed by atoms with Crippen LogP contribution < -0.4 is 5.73 Å². The minimum Gasteiger partial charge on any atom is -0.342 e. The molecule has 2 N–H and O–H groups in total. The first-order valence-corrected chi connectivity index (χ1v) is 4.37. The maximum absolute atomic E-state index is 10.3. The molecule has 0 aromatic heterocycles. The summed E-state index contributed by atoms with van der Waals surface area (Å²) >= 11 is 0. The summed E-state index contributed by atoms with van der Waals surface area (Å²) in [6, 6.07) is 0. The maximum Gasteiger partial charge on any atom is 0.140 e. The number of hydrogen-bond donors (Lipinski definition) is 1. The second-order valence-corrected chi connectivity index (χ2v) is 2.95. The van der Waals surface area contributed by atoms with Gasteiger partial charge in [0, 0.05) is 6.54 Å². The van der Waals surface area contributed by atoms with E-state index in [4.69, 9.17) is 5.73 Å². The zero-order valence-corrected chi connectivity index (χ0v) is 7.68. The van der Waals surface area contributed by atoms with Gasteiger partial charge in [-0.2, -0.15) is 0 Å². The van der Waals surface area contributed by atoms with Gasteiger partial charge in [0.05, 0.1) is 12.5 Å². The summed E-state index contributed by atoms with van der Waals surface area (Å²) in [6.07, 6.45) is 4.74. The van der Waals surface area contributed by atoms with Crippen LogP contribution >= 0.6 is 0 Å². The van der Waals surface area contributed by atoms with Crippen molar-refractivity contribution in [3.05, 3.63) is 16.8 Å². The van der Waals surface area contributed by atoms with E-state index in [1.54, 1.807) is 6.34 Å². The third-order valence-electron chi connectivity index (χ3n) is 1.96. The molecule has 72 valence electrons. The van der Waals surface area contributed by atoms with E-state index < -0.39 is 6.17 Å². The first kappa shape index (κ1) is 9.85. The summed E-state index contributed by atoms with van der Waals surface area (Å²) in [6.45, 7) is 2.91. The standard InChI is InChI=1S/C8H14N4O/c1-2-3-4-12-6-10-5-7(11-13)8(12)9/h5-6,8H,2-4,9H2,1H3. The largest absolute Gasteiger partial charge is 0.342 e. The van der Waals surface area contributed by atoms with Crippen LogP contribution in [0.3, 0.4) is 0 Å². The number of nitrogens with two attached hydrogens (primary N) is 1. The van der Waals surface area contributed by atoms with Crippen molar-refractivity contribution in [3.8, 4) is 0 Å². The highest BCUT2D eigenvalue weighted by Gasteiger charge is 2.18. The van der Waals surface area contributed by atoms with Crippen LogP contribution in [0.15, 0.2) is 22.1 Å². The van der Waals surface area contributed by atoms with Gasteiger partial charge >= 0.3 is 0 Å². The lowest BCUT2D eigenvalue weighted by molar-refractivity contribution is 0.347. The Morgan fingerprint density at radius 3 is 3.15 bits per heavy atom. The highest BCUT2D eigenvalue weighted by molar-refractivity contribution is 5.59. The minimum atomic E-state index is -0.429. The Balaban J connectivity index is 2.55. The average Bonchev–Trinajstić information content (AvgIpc) is 2.16. The third kappa shape index (κ3) is 2.35. The Morgan fingerprint density at radius 1 is 1.77 bits per heavy atom. The van der Waals surface area contributed by atoms with Crippen LogP contribution in [0.2, 0.25) is 0 Å². The summed E-state index contributed by atoms with van der Waals surface area (Å²) in [4.78, 5) is 16.0. The molecule has 0 spiro atoms. The van der Waals surface area contributed by atoms with Gasteiger partial charge in [-0.05, 0) is 11.6 Å². The van der Waals surface area contributed by atoms with Crippen LogP contribution in [0.1, 0.15) is 19.8 Å². The lowest BCUT2D eigenvalue weighted by atomic mass is 10.2. The predicted octanol–water partition coefficient (Wildman–Crippen LogP) is 1.02. The van der Waals surface area contributed by atoms with Gasteiger partial charge in [0.2, 0.25) is 0 Å². The quantitative estimate of drug-likeness (QED) is 0.660. The highest BCUT2D eigenvalue weighted by atomic mass is 16.3. The molecule has 0 saturated heterocycles. The molecule has 0 saturated carbocycles. The van der Waals surface area contributed by atoms with Gasteiger partial charge in [-0.25, -0.2) is 4.99 Å². The van der Waals surface area contributed by atoms with E-state index in [-0.39, 0.29) is 0 Å². The van der Waals surface area contributed by atoms with E-state index in [2.05, 4.69) is 17.1 Å². The van der Waals surface area contributed by atoms with Crippen LogP contribution in [0.25, 0.3) is 0 Å². The summed E-state index contributed by atoms with van der Waals surface area (Å²) in [5.74, 6) is 0. The summed E-state index contributed by atoms with van der Waals surface area (Å²) < 4.78 is 0. The maximum atomic E-state index is 10.3. The Morgan fingerprint density at radius 2 is 2.54 bits per heavy atom. The van der Waals surface area contributed by atoms with Crippen molar-refractivity contribution in [2.75, 3.05) is 6.54 Å². The molecule has 0 aromatic carbocycles. The summed E-state index contributed by atoms with van der Waals surface area (Å²) in [7, 11) is 0. The van der Waals surface area contributed by atoms with Crippen LogP contribution in [0, 0.1) is 4.91 Å².